The third-order valence-corrected chi connectivity index (χ3v) is 0.653. The van der Waals surface area contributed by atoms with Crippen molar-refractivity contribution < 1.29 is 44.2 Å². The van der Waals surface area contributed by atoms with E-state index in [9.17, 15) is 9.59 Å². The van der Waals surface area contributed by atoms with Gasteiger partial charge in [0.15, 0.2) is 6.10 Å². The van der Waals surface area contributed by atoms with E-state index in [-0.39, 0.29) is 37.7 Å². The maximum atomic E-state index is 9.72. The van der Waals surface area contributed by atoms with Crippen molar-refractivity contribution in [2.75, 3.05) is 0 Å². The van der Waals surface area contributed by atoms with E-state index in [0.717, 1.165) is 0 Å². The molecule has 0 aromatic rings. The zero-order valence-electron chi connectivity index (χ0n) is 6.64. The van der Waals surface area contributed by atoms with Crippen LogP contribution in [0.25, 0.3) is 0 Å². The SMILES string of the molecule is O=C(O)CC(O)C(=O)O.O=P(O)(O)O.[CaH2]. The van der Waals surface area contributed by atoms with Gasteiger partial charge < -0.3 is 30.0 Å². The monoisotopic (exact) mass is 274 g/mol. The van der Waals surface area contributed by atoms with Gasteiger partial charge in [0, 0.05) is 0 Å². The molecule has 11 heteroatoms. The number of aliphatic hydroxyl groups is 1. The molecule has 0 saturated carbocycles. The standard InChI is InChI=1S/C4H6O5.Ca.H3O4P.2H/c5-2(4(8)9)1-3(6)7;;1-5(2,3)4;;/h2,5H,1H2,(H,6,7)(H,8,9);;(H3,1,2,3,4);;. The number of carboxylic acid groups (broad SMARTS) is 2. The first kappa shape index (κ1) is 20.7. The summed E-state index contributed by atoms with van der Waals surface area (Å²) in [6.45, 7) is 0. The zero-order valence-corrected chi connectivity index (χ0v) is 7.53. The summed E-state index contributed by atoms with van der Waals surface area (Å²) in [5, 5.41) is 24.1. The van der Waals surface area contributed by atoms with Crippen LogP contribution in [0.3, 0.4) is 0 Å². The zero-order chi connectivity index (χ0) is 11.9. The van der Waals surface area contributed by atoms with Gasteiger partial charge in [0.1, 0.15) is 0 Å². The Labute approximate surface area is 114 Å². The molecule has 0 fully saturated rings. The Hall–Kier alpha value is 0.270. The van der Waals surface area contributed by atoms with Gasteiger partial charge in [-0.3, -0.25) is 4.79 Å². The Bertz CT molecular complexity index is 238. The van der Waals surface area contributed by atoms with E-state index >= 15 is 0 Å². The van der Waals surface area contributed by atoms with Crippen LogP contribution in [0, 0.1) is 0 Å². The summed E-state index contributed by atoms with van der Waals surface area (Å²) in [7, 11) is -4.64. The molecule has 0 bridgehead atoms. The minimum absolute atomic E-state index is 0. The fraction of sp³-hybridized carbons (Fsp3) is 0.500. The van der Waals surface area contributed by atoms with Crippen molar-refractivity contribution in [3.05, 3.63) is 0 Å². The van der Waals surface area contributed by atoms with Crippen molar-refractivity contribution in [1.82, 2.24) is 0 Å². The summed E-state index contributed by atoms with van der Waals surface area (Å²) >= 11 is 0. The van der Waals surface area contributed by atoms with Crippen molar-refractivity contribution in [1.29, 1.82) is 0 Å². The normalized spacial score (nSPS) is 11.5. The number of phosphoric acid groups is 1. The molecule has 0 aromatic heterocycles. The quantitative estimate of drug-likeness (QED) is 0.232. The molecule has 0 aliphatic heterocycles. The molecule has 1 atom stereocenters. The number of hydrogen-bond acceptors (Lipinski definition) is 4. The third-order valence-electron chi connectivity index (χ3n) is 0.653. The van der Waals surface area contributed by atoms with Crippen LogP contribution >= 0.6 is 7.82 Å². The van der Waals surface area contributed by atoms with Crippen LogP contribution < -0.4 is 0 Å². The number of aliphatic carboxylic acids is 2. The molecule has 88 valence electrons. The number of carbonyl (C=O) groups is 2. The van der Waals surface area contributed by atoms with E-state index in [1.165, 1.54) is 0 Å². The van der Waals surface area contributed by atoms with Gasteiger partial charge in [0.25, 0.3) is 0 Å². The summed E-state index contributed by atoms with van der Waals surface area (Å²) in [5.41, 5.74) is 0. The summed E-state index contributed by atoms with van der Waals surface area (Å²) in [5.74, 6) is -2.85. The molecule has 0 radical (unpaired) electrons. The average Bonchev–Trinajstić information content (AvgIpc) is 1.80. The van der Waals surface area contributed by atoms with Gasteiger partial charge in [-0.25, -0.2) is 9.36 Å². The van der Waals surface area contributed by atoms with Gasteiger partial charge >= 0.3 is 57.5 Å². The molecule has 0 aliphatic carbocycles. The first-order chi connectivity index (χ1) is 6.04. The van der Waals surface area contributed by atoms with Crippen molar-refractivity contribution in [2.45, 2.75) is 12.5 Å². The summed E-state index contributed by atoms with van der Waals surface area (Å²) in [4.78, 5) is 41.0. The second-order valence-electron chi connectivity index (χ2n) is 1.97. The van der Waals surface area contributed by atoms with Gasteiger partial charge in [-0.1, -0.05) is 0 Å². The molecular formula is C4H11CaO9P. The van der Waals surface area contributed by atoms with Crippen LogP contribution in [-0.2, 0) is 14.2 Å². The van der Waals surface area contributed by atoms with Gasteiger partial charge in [0.05, 0.1) is 6.42 Å². The van der Waals surface area contributed by atoms with Crippen LogP contribution in [0.4, 0.5) is 0 Å². The molecule has 0 aromatic carbocycles. The first-order valence-corrected chi connectivity index (χ1v) is 4.51. The third kappa shape index (κ3) is 31.4. The Morgan fingerprint density at radius 2 is 1.40 bits per heavy atom. The van der Waals surface area contributed by atoms with E-state index in [4.69, 9.17) is 34.6 Å². The van der Waals surface area contributed by atoms with E-state index in [1.807, 2.05) is 0 Å². The summed E-state index contributed by atoms with van der Waals surface area (Å²) in [6, 6.07) is 0. The molecule has 9 nitrogen and oxygen atoms in total. The molecule has 0 rings (SSSR count). The number of rotatable bonds is 3. The fourth-order valence-electron chi connectivity index (χ4n) is 0.253. The molecule has 6 N–H and O–H groups in total. The topological polar surface area (TPSA) is 173 Å². The minimum atomic E-state index is -4.64. The summed E-state index contributed by atoms with van der Waals surface area (Å²) < 4.78 is 8.88. The van der Waals surface area contributed by atoms with Gasteiger partial charge in [-0.2, -0.15) is 0 Å². The molecule has 0 saturated heterocycles. The van der Waals surface area contributed by atoms with Crippen LogP contribution in [0.15, 0.2) is 0 Å². The van der Waals surface area contributed by atoms with Crippen LogP contribution in [0.2, 0.25) is 0 Å². The second-order valence-corrected chi connectivity index (χ2v) is 2.99. The van der Waals surface area contributed by atoms with E-state index < -0.39 is 32.3 Å². The Kier molecular flexibility index (Phi) is 13.1. The Morgan fingerprint density at radius 1 is 1.13 bits per heavy atom. The summed E-state index contributed by atoms with van der Waals surface area (Å²) in [6.07, 6.45) is -2.54. The molecular weight excluding hydrogens is 263 g/mol. The molecule has 0 amide bonds. The average molecular weight is 274 g/mol. The van der Waals surface area contributed by atoms with E-state index in [0.29, 0.717) is 0 Å². The van der Waals surface area contributed by atoms with Crippen molar-refractivity contribution in [3.8, 4) is 0 Å². The molecule has 0 heterocycles. The first-order valence-electron chi connectivity index (χ1n) is 2.95. The number of hydrogen-bond donors (Lipinski definition) is 6. The Balaban J connectivity index is -0.000000208. The number of carboxylic acids is 2. The predicted octanol–water partition coefficient (Wildman–Crippen LogP) is -2.94. The van der Waals surface area contributed by atoms with Crippen LogP contribution in [0.5, 0.6) is 0 Å². The molecule has 0 spiro atoms. The van der Waals surface area contributed by atoms with Crippen LogP contribution in [0.1, 0.15) is 6.42 Å². The Morgan fingerprint density at radius 3 is 1.47 bits per heavy atom. The number of aliphatic hydroxyl groups excluding tert-OH is 1. The van der Waals surface area contributed by atoms with Crippen molar-refractivity contribution in [3.63, 3.8) is 0 Å². The van der Waals surface area contributed by atoms with Crippen LogP contribution in [-0.4, -0.2) is 85.8 Å². The van der Waals surface area contributed by atoms with E-state index in [1.54, 1.807) is 0 Å². The van der Waals surface area contributed by atoms with Crippen molar-refractivity contribution in [2.24, 2.45) is 0 Å². The molecule has 1 unspecified atom stereocenters. The van der Waals surface area contributed by atoms with Gasteiger partial charge in [0.2, 0.25) is 0 Å². The molecule has 15 heavy (non-hydrogen) atoms. The van der Waals surface area contributed by atoms with Crippen molar-refractivity contribution >= 4 is 57.5 Å². The predicted molar refractivity (Wildman–Crippen MR) is 48.7 cm³/mol. The maximum absolute atomic E-state index is 9.72. The van der Waals surface area contributed by atoms with Gasteiger partial charge in [-0.05, 0) is 0 Å². The fourth-order valence-corrected chi connectivity index (χ4v) is 0.253. The molecule has 0 aliphatic rings. The van der Waals surface area contributed by atoms with E-state index in [2.05, 4.69) is 0 Å². The second kappa shape index (κ2) is 9.49. The van der Waals surface area contributed by atoms with Gasteiger partial charge in [-0.15, -0.1) is 0 Å².